The lowest BCUT2D eigenvalue weighted by Gasteiger charge is -2.42. The molecule has 2 aliphatic rings. The average Bonchev–Trinajstić information content (AvgIpc) is 1.98. The fraction of sp³-hybridized carbons (Fsp3) is 0.205. The number of hydrogen-bond acceptors (Lipinski definition) is 4. The predicted octanol–water partition coefficient (Wildman–Crippen LogP) is 20.1. The summed E-state index contributed by atoms with van der Waals surface area (Å²) in [5, 5.41) is 9.44. The largest absolute Gasteiger partial charge is 0.454 e. The normalized spacial score (nSPS) is 13.5. The fourth-order valence-corrected chi connectivity index (χ4v) is 13.7. The molecular weight excluding hydrogens is 1020 g/mol. The summed E-state index contributed by atoms with van der Waals surface area (Å²) in [6, 6.07) is 77.5. The van der Waals surface area contributed by atoms with Gasteiger partial charge in [0, 0.05) is 55.7 Å². The first kappa shape index (κ1) is 51.9. The monoisotopic (exact) mass is 1090 g/mol. The van der Waals surface area contributed by atoms with Crippen molar-refractivity contribution in [2.45, 2.75) is 105 Å². The number of benzene rings is 11. The third-order valence-electron chi connectivity index (χ3n) is 18.2. The Morgan fingerprint density at radius 1 is 0.393 bits per heavy atom. The molecule has 0 radical (unpaired) electrons. The van der Waals surface area contributed by atoms with Crippen LogP contribution in [-0.2, 0) is 21.7 Å². The van der Waals surface area contributed by atoms with E-state index in [0.29, 0.717) is 0 Å². The first-order chi connectivity index (χ1) is 40.2. The van der Waals surface area contributed by atoms with E-state index in [1.54, 1.807) is 0 Å². The van der Waals surface area contributed by atoms with E-state index in [4.69, 9.17) is 9.15 Å². The molecule has 2 aliphatic heterocycles. The topological polar surface area (TPSA) is 33.8 Å². The molecule has 0 amide bonds. The SMILES string of the molecule is CC(C)(C)c1ccc(N(c2ccc(C(C)(C)C)cc2)c2ccc3c(c2)N(c2ccc(C(C)(C)C)cc2)c2cc(C(C)(C)C)cc4c2B3c2cc(-n3c5ccccc5c5c6ccccc6c6ccccc6c53)c3c(oc5ccccc53)c2O4)cc1. The van der Waals surface area contributed by atoms with Gasteiger partial charge in [0.05, 0.1) is 22.1 Å². The van der Waals surface area contributed by atoms with Crippen molar-refractivity contribution in [3.05, 3.63) is 229 Å². The third kappa shape index (κ3) is 7.96. The second-order valence-corrected chi connectivity index (χ2v) is 27.8. The molecule has 0 bridgehead atoms. The fourth-order valence-electron chi connectivity index (χ4n) is 13.7. The van der Waals surface area contributed by atoms with Crippen molar-refractivity contribution in [3.8, 4) is 17.2 Å². The minimum absolute atomic E-state index is 0.00224. The van der Waals surface area contributed by atoms with E-state index in [1.165, 1.54) is 65.6 Å². The van der Waals surface area contributed by atoms with Crippen LogP contribution in [0.25, 0.3) is 71.0 Å². The average molecular weight is 1090 g/mol. The number of hydrogen-bond donors (Lipinski definition) is 0. The van der Waals surface area contributed by atoms with Crippen LogP contribution in [0.2, 0.25) is 0 Å². The van der Waals surface area contributed by atoms with Crippen molar-refractivity contribution >= 4 is 123 Å². The van der Waals surface area contributed by atoms with Gasteiger partial charge in [-0.15, -0.1) is 0 Å². The number of anilines is 6. The highest BCUT2D eigenvalue weighted by molar-refractivity contribution is 6.99. The molecule has 4 heterocycles. The Morgan fingerprint density at radius 2 is 0.905 bits per heavy atom. The number of nitrogens with zero attached hydrogens (tertiary/aromatic N) is 3. The van der Waals surface area contributed by atoms with E-state index in [-0.39, 0.29) is 28.4 Å². The first-order valence-corrected chi connectivity index (χ1v) is 29.9. The van der Waals surface area contributed by atoms with Crippen molar-refractivity contribution in [2.24, 2.45) is 0 Å². The van der Waals surface area contributed by atoms with E-state index in [0.717, 1.165) is 89.7 Å². The van der Waals surface area contributed by atoms with Crippen LogP contribution in [0, 0.1) is 0 Å². The van der Waals surface area contributed by atoms with Crippen molar-refractivity contribution in [1.82, 2.24) is 4.57 Å². The molecule has 5 nitrogen and oxygen atoms in total. The van der Waals surface area contributed by atoms with Gasteiger partial charge in [0.2, 0.25) is 0 Å². The molecule has 0 atom stereocenters. The minimum atomic E-state index is -0.255. The Morgan fingerprint density at radius 3 is 1.51 bits per heavy atom. The van der Waals surface area contributed by atoms with Crippen LogP contribution < -0.4 is 30.9 Å². The van der Waals surface area contributed by atoms with Crippen molar-refractivity contribution < 1.29 is 9.15 Å². The summed E-state index contributed by atoms with van der Waals surface area (Å²) >= 11 is 0. The Kier molecular flexibility index (Phi) is 11.3. The van der Waals surface area contributed by atoms with E-state index < -0.39 is 0 Å². The molecule has 15 rings (SSSR count). The summed E-state index contributed by atoms with van der Waals surface area (Å²) < 4.78 is 17.5. The van der Waals surface area contributed by atoms with Crippen molar-refractivity contribution in [2.75, 3.05) is 9.80 Å². The van der Waals surface area contributed by atoms with Crippen LogP contribution in [-0.4, -0.2) is 11.3 Å². The zero-order chi connectivity index (χ0) is 57.9. The van der Waals surface area contributed by atoms with Gasteiger partial charge in [-0.25, -0.2) is 0 Å². The molecule has 0 saturated heterocycles. The van der Waals surface area contributed by atoms with Gasteiger partial charge in [-0.05, 0) is 155 Å². The molecule has 412 valence electrons. The van der Waals surface area contributed by atoms with Crippen LogP contribution in [0.1, 0.15) is 105 Å². The lowest BCUT2D eigenvalue weighted by atomic mass is 9.34. The number of rotatable bonds is 5. The quantitative estimate of drug-likeness (QED) is 0.127. The molecular formula is C78H70BN3O2. The molecule has 0 unspecified atom stereocenters. The molecule has 2 aromatic heterocycles. The maximum absolute atomic E-state index is 7.65. The zero-order valence-electron chi connectivity index (χ0n) is 50.4. The van der Waals surface area contributed by atoms with Gasteiger partial charge in [0.1, 0.15) is 11.3 Å². The van der Waals surface area contributed by atoms with Gasteiger partial charge in [-0.3, -0.25) is 0 Å². The van der Waals surface area contributed by atoms with Crippen LogP contribution in [0.3, 0.4) is 0 Å². The predicted molar refractivity (Wildman–Crippen MR) is 358 cm³/mol. The molecule has 0 N–H and O–H groups in total. The maximum Gasteiger partial charge on any atom is 0.256 e. The Labute approximate surface area is 493 Å². The summed E-state index contributed by atoms with van der Waals surface area (Å²) in [4.78, 5) is 4.97. The number of para-hydroxylation sites is 2. The van der Waals surface area contributed by atoms with Gasteiger partial charge in [-0.2, -0.15) is 0 Å². The van der Waals surface area contributed by atoms with Gasteiger partial charge in [0.15, 0.2) is 11.3 Å². The highest BCUT2D eigenvalue weighted by atomic mass is 16.5. The maximum atomic E-state index is 7.65. The van der Waals surface area contributed by atoms with E-state index in [9.17, 15) is 0 Å². The molecule has 84 heavy (non-hydrogen) atoms. The van der Waals surface area contributed by atoms with Gasteiger partial charge in [0.25, 0.3) is 6.71 Å². The Hall–Kier alpha value is -9.00. The highest BCUT2D eigenvalue weighted by Crippen LogP contribution is 2.51. The second-order valence-electron chi connectivity index (χ2n) is 27.8. The highest BCUT2D eigenvalue weighted by Gasteiger charge is 2.45. The van der Waals surface area contributed by atoms with Crippen LogP contribution in [0.5, 0.6) is 11.5 Å². The Balaban J connectivity index is 1.06. The molecule has 13 aromatic rings. The molecule has 0 aliphatic carbocycles. The molecule has 11 aromatic carbocycles. The van der Waals surface area contributed by atoms with Gasteiger partial charge < -0.3 is 23.5 Å². The molecule has 0 fully saturated rings. The number of furan rings is 1. The van der Waals surface area contributed by atoms with E-state index in [1.807, 2.05) is 0 Å². The molecule has 6 heteroatoms. The lowest BCUT2D eigenvalue weighted by Crippen LogP contribution is -2.59. The van der Waals surface area contributed by atoms with E-state index in [2.05, 4.69) is 304 Å². The van der Waals surface area contributed by atoms with Crippen LogP contribution >= 0.6 is 0 Å². The van der Waals surface area contributed by atoms with E-state index >= 15 is 0 Å². The van der Waals surface area contributed by atoms with Gasteiger partial charge in [-0.1, -0.05) is 210 Å². The standard InChI is InChI=1S/C78H70BN3O2/c1-75(2,3)47-29-35-51(36-30-47)80(52-37-31-48(32-38-52)76(4,5)6)54-41-42-61-64(45-54)81(53-39-33-49(34-40-53)77(7,8)9)66-43-50(78(10,11)12)44-68-71(66)79(61)62-46-65(70-60-26-18-20-28-67(60)83-74(70)73(62)84-68)82-63-27-19-17-25-59(63)69-57-23-15-13-21-55(57)56-22-14-16-24-58(56)72(69)82/h13-46H,1-12H3. The summed E-state index contributed by atoms with van der Waals surface area (Å²) in [7, 11) is 0. The van der Waals surface area contributed by atoms with Crippen molar-refractivity contribution in [3.63, 3.8) is 0 Å². The summed E-state index contributed by atoms with van der Waals surface area (Å²) in [5.41, 5.74) is 19.7. The van der Waals surface area contributed by atoms with Gasteiger partial charge >= 0.3 is 0 Å². The zero-order valence-corrected chi connectivity index (χ0v) is 50.4. The second kappa shape index (κ2) is 18.3. The molecule has 0 spiro atoms. The summed E-state index contributed by atoms with van der Waals surface area (Å²) in [6.45, 7) is 27.3. The lowest BCUT2D eigenvalue weighted by molar-refractivity contribution is 0.477. The smallest absolute Gasteiger partial charge is 0.256 e. The third-order valence-corrected chi connectivity index (χ3v) is 18.2. The first-order valence-electron chi connectivity index (χ1n) is 29.9. The van der Waals surface area contributed by atoms with Crippen LogP contribution in [0.4, 0.5) is 34.1 Å². The number of fused-ring (bicyclic) bond motifs is 16. The minimum Gasteiger partial charge on any atom is -0.454 e. The number of ether oxygens (including phenoxy) is 1. The summed E-state index contributed by atoms with van der Waals surface area (Å²) in [5.74, 6) is 1.61. The molecule has 0 saturated carbocycles. The van der Waals surface area contributed by atoms with Crippen molar-refractivity contribution in [1.29, 1.82) is 0 Å². The summed E-state index contributed by atoms with van der Waals surface area (Å²) in [6.07, 6.45) is 0. The van der Waals surface area contributed by atoms with Crippen LogP contribution in [0.15, 0.2) is 211 Å². The Bertz CT molecular complexity index is 4780. The number of aromatic nitrogens is 1.